The number of nitrogens with zero attached hydrogens (tertiary/aromatic N) is 5. The zero-order valence-electron chi connectivity index (χ0n) is 23.8. The molecule has 1 atom stereocenters. The lowest BCUT2D eigenvalue weighted by Gasteiger charge is -2.35. The van der Waals surface area contributed by atoms with Crippen LogP contribution in [0.4, 0.5) is 27.4 Å². The van der Waals surface area contributed by atoms with Crippen molar-refractivity contribution >= 4 is 46.5 Å². The summed E-state index contributed by atoms with van der Waals surface area (Å²) in [6.07, 6.45) is 7.52. The number of nitrogens with one attached hydrogen (secondary N) is 2. The Morgan fingerprint density at radius 3 is 2.63 bits per heavy atom. The number of hydrogen-bond acceptors (Lipinski definition) is 7. The number of benzene rings is 2. The van der Waals surface area contributed by atoms with Crippen LogP contribution in [-0.2, 0) is 11.2 Å². The fourth-order valence-corrected chi connectivity index (χ4v) is 6.10. The number of hydrogen-bond donors (Lipinski definition) is 4. The van der Waals surface area contributed by atoms with Gasteiger partial charge >= 0.3 is 0 Å². The van der Waals surface area contributed by atoms with E-state index in [9.17, 15) is 9.18 Å². The molecule has 10 nitrogen and oxygen atoms in total. The number of halogens is 2. The van der Waals surface area contributed by atoms with Crippen molar-refractivity contribution in [2.45, 2.75) is 51.0 Å². The van der Waals surface area contributed by atoms with Crippen molar-refractivity contribution in [1.82, 2.24) is 9.97 Å². The van der Waals surface area contributed by atoms with Gasteiger partial charge in [-0.15, -0.1) is 0 Å². The molecule has 0 spiro atoms. The Morgan fingerprint density at radius 1 is 1.16 bits per heavy atom. The number of piperidine rings is 1. The molecule has 1 saturated carbocycles. The van der Waals surface area contributed by atoms with Crippen molar-refractivity contribution in [1.29, 1.82) is 5.26 Å². The summed E-state index contributed by atoms with van der Waals surface area (Å²) >= 11 is 6.17. The van der Waals surface area contributed by atoms with Crippen LogP contribution in [-0.4, -0.2) is 41.0 Å². The van der Waals surface area contributed by atoms with Gasteiger partial charge in [0.25, 0.3) is 0 Å². The van der Waals surface area contributed by atoms with Crippen LogP contribution in [0.3, 0.4) is 0 Å². The highest BCUT2D eigenvalue weighted by Crippen LogP contribution is 2.33. The predicted octanol–water partition coefficient (Wildman–Crippen LogP) is 5.11. The first kappa shape index (κ1) is 30.0. The van der Waals surface area contributed by atoms with Crippen LogP contribution in [0.25, 0.3) is 0 Å². The monoisotopic (exact) mass is 603 g/mol. The lowest BCUT2D eigenvalue weighted by Crippen LogP contribution is -2.42. The average Bonchev–Trinajstić information content (AvgIpc) is 3.01. The summed E-state index contributed by atoms with van der Waals surface area (Å²) in [7, 11) is 0. The number of aromatic nitrogens is 2. The molecule has 5 rings (SSSR count). The molecule has 1 aliphatic heterocycles. The molecule has 224 valence electrons. The van der Waals surface area contributed by atoms with Crippen molar-refractivity contribution < 1.29 is 9.18 Å². The molecule has 0 bridgehead atoms. The topological polar surface area (TPSA) is 158 Å². The number of guanidine groups is 1. The van der Waals surface area contributed by atoms with E-state index in [4.69, 9.17) is 33.3 Å². The second-order valence-corrected chi connectivity index (χ2v) is 11.6. The van der Waals surface area contributed by atoms with E-state index in [1.54, 1.807) is 6.20 Å². The van der Waals surface area contributed by atoms with Crippen LogP contribution in [0, 0.1) is 29.0 Å². The minimum atomic E-state index is -0.756. The first-order valence-corrected chi connectivity index (χ1v) is 14.9. The van der Waals surface area contributed by atoms with Gasteiger partial charge in [0, 0.05) is 30.7 Å². The third-order valence-electron chi connectivity index (χ3n) is 8.12. The van der Waals surface area contributed by atoms with E-state index >= 15 is 0 Å². The van der Waals surface area contributed by atoms with E-state index in [1.807, 2.05) is 24.3 Å². The second kappa shape index (κ2) is 13.7. The number of carbonyl (C=O) groups is 1. The summed E-state index contributed by atoms with van der Waals surface area (Å²) in [6, 6.07) is 14.8. The van der Waals surface area contributed by atoms with E-state index in [0.29, 0.717) is 24.0 Å². The van der Waals surface area contributed by atoms with Crippen LogP contribution in [0.2, 0.25) is 5.02 Å². The number of carbonyl (C=O) groups excluding carboxylic acids is 1. The van der Waals surface area contributed by atoms with Crippen molar-refractivity contribution in [2.24, 2.45) is 28.3 Å². The maximum atomic E-state index is 14.6. The number of para-hydroxylation sites is 1. The minimum Gasteiger partial charge on any atom is -0.369 e. The van der Waals surface area contributed by atoms with Crippen molar-refractivity contribution in [3.8, 4) is 6.07 Å². The van der Waals surface area contributed by atoms with Gasteiger partial charge in [0.1, 0.15) is 5.69 Å². The van der Waals surface area contributed by atoms with Gasteiger partial charge in [0.05, 0.1) is 34.2 Å². The third-order valence-corrected chi connectivity index (χ3v) is 8.40. The van der Waals surface area contributed by atoms with E-state index in [-0.39, 0.29) is 40.1 Å². The fraction of sp³-hybridized carbons (Fsp3) is 0.387. The van der Waals surface area contributed by atoms with Gasteiger partial charge in [0.15, 0.2) is 11.8 Å². The first-order valence-electron chi connectivity index (χ1n) is 14.5. The van der Waals surface area contributed by atoms with Crippen LogP contribution in [0.5, 0.6) is 0 Å². The van der Waals surface area contributed by atoms with E-state index < -0.39 is 5.82 Å². The molecule has 0 radical (unpaired) electrons. The molecular weight excluding hydrogens is 569 g/mol. The highest BCUT2D eigenvalue weighted by atomic mass is 35.5. The quantitative estimate of drug-likeness (QED) is 0.204. The van der Waals surface area contributed by atoms with Crippen molar-refractivity contribution in [3.05, 3.63) is 70.8 Å². The van der Waals surface area contributed by atoms with E-state index in [1.165, 1.54) is 11.8 Å². The zero-order valence-corrected chi connectivity index (χ0v) is 24.5. The molecule has 6 N–H and O–H groups in total. The predicted molar refractivity (Wildman–Crippen MR) is 167 cm³/mol. The van der Waals surface area contributed by atoms with Gasteiger partial charge in [-0.05, 0) is 75.1 Å². The van der Waals surface area contributed by atoms with Gasteiger partial charge in [-0.3, -0.25) is 4.79 Å². The van der Waals surface area contributed by atoms with E-state index in [0.717, 1.165) is 63.4 Å². The molecule has 1 amide bonds. The SMILES string of the molecule is N#Cc1cc(F)c(N=C(N)Nc2cnc(N[C@@H]3CCCN(c4ccccc4)C3)nc2CC2CCC(C(N)=O)CC2)c(Cl)c1. The van der Waals surface area contributed by atoms with Crippen LogP contribution in [0.1, 0.15) is 49.8 Å². The van der Waals surface area contributed by atoms with Crippen LogP contribution >= 0.6 is 11.6 Å². The number of primary amides is 1. The molecule has 12 heteroatoms. The highest BCUT2D eigenvalue weighted by molar-refractivity contribution is 6.33. The number of amides is 1. The van der Waals surface area contributed by atoms with Gasteiger partial charge in [-0.25, -0.2) is 19.4 Å². The lowest BCUT2D eigenvalue weighted by molar-refractivity contribution is -0.122. The molecule has 2 aromatic carbocycles. The summed E-state index contributed by atoms with van der Waals surface area (Å²) in [5.74, 6) is -0.379. The van der Waals surface area contributed by atoms with Crippen LogP contribution < -0.4 is 27.0 Å². The van der Waals surface area contributed by atoms with Crippen LogP contribution in [0.15, 0.2) is 53.7 Å². The van der Waals surface area contributed by atoms with Gasteiger partial charge in [-0.1, -0.05) is 29.8 Å². The molecule has 1 aromatic heterocycles. The average molecular weight is 604 g/mol. The maximum Gasteiger partial charge on any atom is 0.223 e. The van der Waals surface area contributed by atoms with E-state index in [2.05, 4.69) is 37.6 Å². The summed E-state index contributed by atoms with van der Waals surface area (Å²) in [5.41, 5.74) is 14.1. The fourth-order valence-electron chi connectivity index (χ4n) is 5.85. The number of rotatable bonds is 8. The van der Waals surface area contributed by atoms with Crippen molar-refractivity contribution in [2.75, 3.05) is 28.6 Å². The minimum absolute atomic E-state index is 0.0273. The van der Waals surface area contributed by atoms with Crippen molar-refractivity contribution in [3.63, 3.8) is 0 Å². The maximum absolute atomic E-state index is 14.6. The molecular formula is C31H35ClFN9O. The Labute approximate surface area is 255 Å². The number of nitriles is 1. The Balaban J connectivity index is 1.35. The first-order chi connectivity index (χ1) is 20.8. The van der Waals surface area contributed by atoms with Gasteiger partial charge in [-0.2, -0.15) is 5.26 Å². The third kappa shape index (κ3) is 7.70. The lowest BCUT2D eigenvalue weighted by atomic mass is 9.79. The Bertz CT molecular complexity index is 1500. The van der Waals surface area contributed by atoms with Gasteiger partial charge in [0.2, 0.25) is 11.9 Å². The Kier molecular flexibility index (Phi) is 9.57. The summed E-state index contributed by atoms with van der Waals surface area (Å²) in [4.78, 5) is 27.6. The number of anilines is 3. The zero-order chi connectivity index (χ0) is 30.3. The van der Waals surface area contributed by atoms with Gasteiger partial charge < -0.3 is 27.0 Å². The molecule has 2 heterocycles. The molecule has 1 saturated heterocycles. The molecule has 2 aliphatic rings. The summed E-state index contributed by atoms with van der Waals surface area (Å²) in [6.45, 7) is 1.82. The Morgan fingerprint density at radius 2 is 1.93 bits per heavy atom. The summed E-state index contributed by atoms with van der Waals surface area (Å²) in [5, 5.41) is 15.6. The normalized spacial score (nSPS) is 20.7. The molecule has 0 unspecified atom stereocenters. The molecule has 1 aliphatic carbocycles. The Hall–Kier alpha value is -4.43. The second-order valence-electron chi connectivity index (χ2n) is 11.2. The largest absolute Gasteiger partial charge is 0.369 e. The number of aliphatic imine (C=N–C) groups is 1. The smallest absolute Gasteiger partial charge is 0.223 e. The summed E-state index contributed by atoms with van der Waals surface area (Å²) < 4.78 is 14.6. The number of nitrogens with two attached hydrogens (primary N) is 2. The highest BCUT2D eigenvalue weighted by Gasteiger charge is 2.27. The molecule has 2 fully saturated rings. The molecule has 3 aromatic rings. The standard InChI is InChI=1S/C31H35ClFN9O/c32-24-13-20(16-34)14-25(33)28(24)41-30(36)39-27-17-37-31(40-26(27)15-19-8-10-21(11-9-19)29(35)43)38-22-5-4-12-42(18-22)23-6-2-1-3-7-23/h1-3,6-7,13-14,17,19,21-22H,4-5,8-12,15,18H2,(H2,35,43)(H3,36,39,41)(H,37,38,40)/t19?,21?,22-/m1/s1. The molecule has 43 heavy (non-hydrogen) atoms.